The molecule has 7 heteroatoms. The summed E-state index contributed by atoms with van der Waals surface area (Å²) in [6.07, 6.45) is 1.60. The third-order valence-electron chi connectivity index (χ3n) is 2.68. The standard InChI is InChI=1S/C15H13Cl2N3OS/c1-21-14-5-3-2-4-13(14)19-15(22)20-18-9-10-6-7-11(16)12(17)8-10/h2-9H,1H3,(H2,19,20,22). The highest BCUT2D eigenvalue weighted by Gasteiger charge is 2.02. The van der Waals surface area contributed by atoms with Crippen LogP contribution in [0.2, 0.25) is 10.0 Å². The number of hydrogen-bond donors (Lipinski definition) is 2. The van der Waals surface area contributed by atoms with E-state index in [1.807, 2.05) is 24.3 Å². The molecule has 0 fully saturated rings. The molecule has 0 bridgehead atoms. The van der Waals surface area contributed by atoms with E-state index in [1.165, 1.54) is 0 Å². The van der Waals surface area contributed by atoms with Crippen LogP contribution in [-0.4, -0.2) is 18.4 Å². The minimum absolute atomic E-state index is 0.348. The number of thiocarbonyl (C=S) groups is 1. The second-order valence-electron chi connectivity index (χ2n) is 4.20. The molecule has 2 aromatic carbocycles. The van der Waals surface area contributed by atoms with Gasteiger partial charge >= 0.3 is 0 Å². The highest BCUT2D eigenvalue weighted by molar-refractivity contribution is 7.80. The molecular formula is C15H13Cl2N3OS. The lowest BCUT2D eigenvalue weighted by molar-refractivity contribution is 0.417. The SMILES string of the molecule is COc1ccccc1NC(=S)NN=Cc1ccc(Cl)c(Cl)c1. The van der Waals surface area contributed by atoms with Crippen LogP contribution in [-0.2, 0) is 0 Å². The number of hydrogen-bond acceptors (Lipinski definition) is 3. The fraction of sp³-hybridized carbons (Fsp3) is 0.0667. The van der Waals surface area contributed by atoms with Crippen molar-refractivity contribution in [2.45, 2.75) is 0 Å². The number of nitrogens with one attached hydrogen (secondary N) is 2. The van der Waals surface area contributed by atoms with Gasteiger partial charge in [0.05, 0.1) is 29.1 Å². The molecule has 0 saturated carbocycles. The molecule has 0 aliphatic heterocycles. The minimum Gasteiger partial charge on any atom is -0.495 e. The van der Waals surface area contributed by atoms with E-state index in [-0.39, 0.29) is 0 Å². The summed E-state index contributed by atoms with van der Waals surface area (Å²) >= 11 is 16.9. The Morgan fingerprint density at radius 3 is 2.68 bits per heavy atom. The number of anilines is 1. The number of rotatable bonds is 4. The summed E-state index contributed by atoms with van der Waals surface area (Å²) in [4.78, 5) is 0. The lowest BCUT2D eigenvalue weighted by atomic mass is 10.2. The maximum absolute atomic E-state index is 5.93. The molecule has 0 saturated heterocycles. The first-order valence-corrected chi connectivity index (χ1v) is 7.44. The molecule has 0 aliphatic rings. The Balaban J connectivity index is 1.95. The summed E-state index contributed by atoms with van der Waals surface area (Å²) in [6.45, 7) is 0. The smallest absolute Gasteiger partial charge is 0.191 e. The van der Waals surface area contributed by atoms with Crippen LogP contribution in [0.3, 0.4) is 0 Å². The Bertz CT molecular complexity index is 707. The Hall–Kier alpha value is -1.82. The second kappa shape index (κ2) is 7.98. The molecular weight excluding hydrogens is 341 g/mol. The third kappa shape index (κ3) is 4.59. The van der Waals surface area contributed by atoms with E-state index in [1.54, 1.807) is 31.5 Å². The maximum Gasteiger partial charge on any atom is 0.191 e. The van der Waals surface area contributed by atoms with Crippen molar-refractivity contribution in [3.8, 4) is 5.75 Å². The number of benzene rings is 2. The number of methoxy groups -OCH3 is 1. The first kappa shape index (κ1) is 16.5. The Morgan fingerprint density at radius 2 is 1.95 bits per heavy atom. The molecule has 114 valence electrons. The summed E-state index contributed by atoms with van der Waals surface area (Å²) in [7, 11) is 1.60. The van der Waals surface area contributed by atoms with Gasteiger partial charge in [0.1, 0.15) is 5.75 Å². The summed E-state index contributed by atoms with van der Waals surface area (Å²) < 4.78 is 5.23. The van der Waals surface area contributed by atoms with Gasteiger partial charge in [-0.25, -0.2) is 0 Å². The van der Waals surface area contributed by atoms with Gasteiger partial charge in [0.15, 0.2) is 5.11 Å². The summed E-state index contributed by atoms with van der Waals surface area (Å²) in [6, 6.07) is 12.7. The average molecular weight is 354 g/mol. The predicted molar refractivity (Wildman–Crippen MR) is 96.4 cm³/mol. The van der Waals surface area contributed by atoms with Crippen LogP contribution in [0, 0.1) is 0 Å². The Kier molecular flexibility index (Phi) is 6.00. The van der Waals surface area contributed by atoms with Gasteiger partial charge in [-0.3, -0.25) is 5.43 Å². The topological polar surface area (TPSA) is 45.6 Å². The molecule has 2 rings (SSSR count). The lowest BCUT2D eigenvalue weighted by Crippen LogP contribution is -2.24. The molecule has 0 aliphatic carbocycles. The van der Waals surface area contributed by atoms with Crippen molar-refractivity contribution in [1.82, 2.24) is 5.43 Å². The van der Waals surface area contributed by atoms with Crippen molar-refractivity contribution < 1.29 is 4.74 Å². The van der Waals surface area contributed by atoms with Gasteiger partial charge in [0, 0.05) is 0 Å². The first-order valence-electron chi connectivity index (χ1n) is 6.28. The van der Waals surface area contributed by atoms with Crippen molar-refractivity contribution >= 4 is 52.4 Å². The fourth-order valence-corrected chi connectivity index (χ4v) is 2.13. The molecule has 2 aromatic rings. The van der Waals surface area contributed by atoms with Gasteiger partial charge in [-0.15, -0.1) is 0 Å². The number of para-hydroxylation sites is 2. The number of halogens is 2. The van der Waals surface area contributed by atoms with Crippen LogP contribution in [0.1, 0.15) is 5.56 Å². The normalized spacial score (nSPS) is 10.5. The second-order valence-corrected chi connectivity index (χ2v) is 5.42. The van der Waals surface area contributed by atoms with E-state index < -0.39 is 0 Å². The molecule has 0 radical (unpaired) electrons. The lowest BCUT2D eigenvalue weighted by Gasteiger charge is -2.10. The van der Waals surface area contributed by atoms with Gasteiger partial charge < -0.3 is 10.1 Å². The molecule has 0 spiro atoms. The highest BCUT2D eigenvalue weighted by Crippen LogP contribution is 2.23. The molecule has 0 amide bonds. The van der Waals surface area contributed by atoms with Crippen molar-refractivity contribution in [2.24, 2.45) is 5.10 Å². The summed E-state index contributed by atoms with van der Waals surface area (Å²) in [5.74, 6) is 0.695. The van der Waals surface area contributed by atoms with Crippen LogP contribution in [0.15, 0.2) is 47.6 Å². The van der Waals surface area contributed by atoms with E-state index in [2.05, 4.69) is 15.8 Å². The van der Waals surface area contributed by atoms with Crippen LogP contribution in [0.25, 0.3) is 0 Å². The number of ether oxygens (including phenoxy) is 1. The highest BCUT2D eigenvalue weighted by atomic mass is 35.5. The monoisotopic (exact) mass is 353 g/mol. The zero-order valence-corrected chi connectivity index (χ0v) is 14.0. The molecule has 0 aromatic heterocycles. The molecule has 22 heavy (non-hydrogen) atoms. The quantitative estimate of drug-likeness (QED) is 0.488. The largest absolute Gasteiger partial charge is 0.495 e. The van der Waals surface area contributed by atoms with Crippen LogP contribution >= 0.6 is 35.4 Å². The maximum atomic E-state index is 5.93. The van der Waals surface area contributed by atoms with Crippen molar-refractivity contribution in [2.75, 3.05) is 12.4 Å². The molecule has 0 unspecified atom stereocenters. The van der Waals surface area contributed by atoms with Gasteiger partial charge in [-0.1, -0.05) is 41.4 Å². The van der Waals surface area contributed by atoms with E-state index in [0.717, 1.165) is 11.3 Å². The van der Waals surface area contributed by atoms with Gasteiger partial charge in [-0.2, -0.15) is 5.10 Å². The van der Waals surface area contributed by atoms with Crippen molar-refractivity contribution in [3.63, 3.8) is 0 Å². The Labute approximate surface area is 144 Å². The number of hydrazone groups is 1. The predicted octanol–water partition coefficient (Wildman–Crippen LogP) is 4.32. The van der Waals surface area contributed by atoms with E-state index >= 15 is 0 Å². The summed E-state index contributed by atoms with van der Waals surface area (Å²) in [5.41, 5.74) is 4.29. The van der Waals surface area contributed by atoms with E-state index in [9.17, 15) is 0 Å². The number of nitrogens with zero attached hydrogens (tertiary/aromatic N) is 1. The molecule has 0 heterocycles. The van der Waals surface area contributed by atoms with Crippen molar-refractivity contribution in [1.29, 1.82) is 0 Å². The van der Waals surface area contributed by atoms with Crippen LogP contribution in [0.4, 0.5) is 5.69 Å². The average Bonchev–Trinajstić information content (AvgIpc) is 2.51. The molecule has 2 N–H and O–H groups in total. The zero-order chi connectivity index (χ0) is 15.9. The third-order valence-corrected chi connectivity index (χ3v) is 3.61. The molecule has 4 nitrogen and oxygen atoms in total. The minimum atomic E-state index is 0.348. The van der Waals surface area contributed by atoms with E-state index in [0.29, 0.717) is 20.9 Å². The van der Waals surface area contributed by atoms with Gasteiger partial charge in [0.2, 0.25) is 0 Å². The van der Waals surface area contributed by atoms with Crippen LogP contribution in [0.5, 0.6) is 5.75 Å². The Morgan fingerprint density at radius 1 is 1.18 bits per heavy atom. The summed E-state index contributed by atoms with van der Waals surface area (Å²) in [5, 5.41) is 8.37. The van der Waals surface area contributed by atoms with Gasteiger partial charge in [0.25, 0.3) is 0 Å². The molecule has 0 atom stereocenters. The van der Waals surface area contributed by atoms with Gasteiger partial charge in [-0.05, 0) is 42.0 Å². The van der Waals surface area contributed by atoms with Crippen molar-refractivity contribution in [3.05, 3.63) is 58.1 Å². The van der Waals surface area contributed by atoms with E-state index in [4.69, 9.17) is 40.2 Å². The fourth-order valence-electron chi connectivity index (χ4n) is 1.66. The first-order chi connectivity index (χ1) is 10.6. The van der Waals surface area contributed by atoms with Crippen LogP contribution < -0.4 is 15.5 Å². The zero-order valence-electron chi connectivity index (χ0n) is 11.6.